The third-order valence-corrected chi connectivity index (χ3v) is 3.15. The summed E-state index contributed by atoms with van der Waals surface area (Å²) in [5, 5.41) is 3.90. The zero-order chi connectivity index (χ0) is 11.2. The standard InChI is InChI=1S/C12H17ClN2O/c13-11-9-14-6-5-12(11)15-7-8-16-10-3-1-2-4-10/h5-6,9-10H,1-4,7-8H2,(H,14,15). The van der Waals surface area contributed by atoms with Crippen molar-refractivity contribution in [2.24, 2.45) is 0 Å². The van der Waals surface area contributed by atoms with Gasteiger partial charge in [-0.25, -0.2) is 0 Å². The van der Waals surface area contributed by atoms with Crippen molar-refractivity contribution in [2.45, 2.75) is 31.8 Å². The smallest absolute Gasteiger partial charge is 0.0820 e. The Bertz CT molecular complexity index is 327. The van der Waals surface area contributed by atoms with Crippen LogP contribution in [0.5, 0.6) is 0 Å². The van der Waals surface area contributed by atoms with E-state index < -0.39 is 0 Å². The molecule has 2 rings (SSSR count). The molecule has 0 aliphatic heterocycles. The van der Waals surface area contributed by atoms with Crippen LogP contribution in [0, 0.1) is 0 Å². The third kappa shape index (κ3) is 3.35. The summed E-state index contributed by atoms with van der Waals surface area (Å²) in [6, 6.07) is 1.87. The highest BCUT2D eigenvalue weighted by Gasteiger charge is 2.14. The van der Waals surface area contributed by atoms with Gasteiger partial charge in [0.2, 0.25) is 0 Å². The summed E-state index contributed by atoms with van der Waals surface area (Å²) >= 11 is 5.96. The van der Waals surface area contributed by atoms with Crippen LogP contribution < -0.4 is 5.32 Å². The molecule has 3 nitrogen and oxygen atoms in total. The molecule has 1 aliphatic rings. The maximum absolute atomic E-state index is 5.96. The number of anilines is 1. The highest BCUT2D eigenvalue weighted by atomic mass is 35.5. The van der Waals surface area contributed by atoms with Crippen LogP contribution in [0.2, 0.25) is 5.02 Å². The Kier molecular flexibility index (Phi) is 4.43. The first-order chi connectivity index (χ1) is 7.86. The second kappa shape index (κ2) is 6.06. The number of nitrogens with zero attached hydrogens (tertiary/aromatic N) is 1. The minimum atomic E-state index is 0.481. The fourth-order valence-electron chi connectivity index (χ4n) is 1.98. The first kappa shape index (κ1) is 11.7. The maximum atomic E-state index is 5.96. The van der Waals surface area contributed by atoms with Gasteiger partial charge in [0, 0.05) is 18.9 Å². The second-order valence-electron chi connectivity index (χ2n) is 4.06. The van der Waals surface area contributed by atoms with Crippen molar-refractivity contribution in [3.05, 3.63) is 23.5 Å². The quantitative estimate of drug-likeness (QED) is 0.803. The van der Waals surface area contributed by atoms with Gasteiger partial charge in [-0.05, 0) is 18.9 Å². The van der Waals surface area contributed by atoms with Gasteiger partial charge in [-0.1, -0.05) is 24.4 Å². The van der Waals surface area contributed by atoms with E-state index in [1.54, 1.807) is 12.4 Å². The molecule has 4 heteroatoms. The SMILES string of the molecule is Clc1cnccc1NCCOC1CCCC1. The molecule has 0 atom stereocenters. The van der Waals surface area contributed by atoms with Gasteiger partial charge in [0.25, 0.3) is 0 Å². The van der Waals surface area contributed by atoms with Crippen LogP contribution in [0.3, 0.4) is 0 Å². The van der Waals surface area contributed by atoms with Gasteiger partial charge in [-0.3, -0.25) is 4.98 Å². The van der Waals surface area contributed by atoms with E-state index in [-0.39, 0.29) is 0 Å². The van der Waals surface area contributed by atoms with Crippen molar-refractivity contribution in [3.63, 3.8) is 0 Å². The molecular weight excluding hydrogens is 224 g/mol. The number of hydrogen-bond acceptors (Lipinski definition) is 3. The molecule has 1 heterocycles. The predicted octanol–water partition coefficient (Wildman–Crippen LogP) is 3.11. The van der Waals surface area contributed by atoms with Gasteiger partial charge < -0.3 is 10.1 Å². The Labute approximate surface area is 101 Å². The molecular formula is C12H17ClN2O. The van der Waals surface area contributed by atoms with Crippen LogP contribution >= 0.6 is 11.6 Å². The molecule has 88 valence electrons. The van der Waals surface area contributed by atoms with E-state index in [9.17, 15) is 0 Å². The zero-order valence-electron chi connectivity index (χ0n) is 9.29. The van der Waals surface area contributed by atoms with E-state index in [4.69, 9.17) is 16.3 Å². The van der Waals surface area contributed by atoms with Crippen molar-refractivity contribution >= 4 is 17.3 Å². The largest absolute Gasteiger partial charge is 0.381 e. The summed E-state index contributed by atoms with van der Waals surface area (Å²) in [5.74, 6) is 0. The minimum absolute atomic E-state index is 0.481. The van der Waals surface area contributed by atoms with Crippen molar-refractivity contribution in [1.29, 1.82) is 0 Å². The molecule has 1 aromatic rings. The molecule has 1 fully saturated rings. The predicted molar refractivity (Wildman–Crippen MR) is 65.9 cm³/mol. The molecule has 16 heavy (non-hydrogen) atoms. The summed E-state index contributed by atoms with van der Waals surface area (Å²) < 4.78 is 5.74. The third-order valence-electron chi connectivity index (χ3n) is 2.85. The Balaban J connectivity index is 1.66. The molecule has 1 aromatic heterocycles. The lowest BCUT2D eigenvalue weighted by atomic mass is 10.3. The number of hydrogen-bond donors (Lipinski definition) is 1. The van der Waals surface area contributed by atoms with Gasteiger partial charge in [-0.15, -0.1) is 0 Å². The van der Waals surface area contributed by atoms with Crippen LogP contribution in [-0.2, 0) is 4.74 Å². The first-order valence-electron chi connectivity index (χ1n) is 5.81. The number of pyridine rings is 1. The van der Waals surface area contributed by atoms with Crippen molar-refractivity contribution < 1.29 is 4.74 Å². The number of aromatic nitrogens is 1. The van der Waals surface area contributed by atoms with Gasteiger partial charge >= 0.3 is 0 Å². The van der Waals surface area contributed by atoms with E-state index >= 15 is 0 Å². The minimum Gasteiger partial charge on any atom is -0.381 e. The van der Waals surface area contributed by atoms with E-state index in [0.717, 1.165) is 18.8 Å². The van der Waals surface area contributed by atoms with Crippen LogP contribution in [0.1, 0.15) is 25.7 Å². The summed E-state index contributed by atoms with van der Waals surface area (Å²) in [6.45, 7) is 1.53. The molecule has 0 spiro atoms. The Morgan fingerprint density at radius 3 is 3.00 bits per heavy atom. The Morgan fingerprint density at radius 2 is 2.25 bits per heavy atom. The lowest BCUT2D eigenvalue weighted by molar-refractivity contribution is 0.0659. The topological polar surface area (TPSA) is 34.2 Å². The van der Waals surface area contributed by atoms with Crippen molar-refractivity contribution in [3.8, 4) is 0 Å². The summed E-state index contributed by atoms with van der Waals surface area (Å²) in [4.78, 5) is 3.93. The summed E-state index contributed by atoms with van der Waals surface area (Å²) in [6.07, 6.45) is 8.91. The van der Waals surface area contributed by atoms with E-state index in [2.05, 4.69) is 10.3 Å². The van der Waals surface area contributed by atoms with E-state index in [0.29, 0.717) is 11.1 Å². The first-order valence-corrected chi connectivity index (χ1v) is 6.19. The number of ether oxygens (including phenoxy) is 1. The molecule has 1 N–H and O–H groups in total. The number of halogens is 1. The Hall–Kier alpha value is -0.800. The van der Waals surface area contributed by atoms with Crippen LogP contribution in [0.25, 0.3) is 0 Å². The van der Waals surface area contributed by atoms with Crippen LogP contribution in [0.4, 0.5) is 5.69 Å². The highest BCUT2D eigenvalue weighted by Crippen LogP contribution is 2.21. The van der Waals surface area contributed by atoms with Crippen molar-refractivity contribution in [2.75, 3.05) is 18.5 Å². The average molecular weight is 241 g/mol. The zero-order valence-corrected chi connectivity index (χ0v) is 10.0. The van der Waals surface area contributed by atoms with Gasteiger partial charge in [0.1, 0.15) is 0 Å². The van der Waals surface area contributed by atoms with Gasteiger partial charge in [-0.2, -0.15) is 0 Å². The maximum Gasteiger partial charge on any atom is 0.0820 e. The summed E-state index contributed by atoms with van der Waals surface area (Å²) in [5.41, 5.74) is 0.923. The molecule has 1 aliphatic carbocycles. The van der Waals surface area contributed by atoms with Crippen molar-refractivity contribution in [1.82, 2.24) is 4.98 Å². The number of rotatable bonds is 5. The molecule has 1 saturated carbocycles. The molecule has 0 bridgehead atoms. The lowest BCUT2D eigenvalue weighted by Crippen LogP contribution is -2.15. The Morgan fingerprint density at radius 1 is 1.44 bits per heavy atom. The fourth-order valence-corrected chi connectivity index (χ4v) is 2.17. The monoisotopic (exact) mass is 240 g/mol. The van der Waals surface area contributed by atoms with Gasteiger partial charge in [0.15, 0.2) is 0 Å². The normalized spacial score (nSPS) is 16.6. The second-order valence-corrected chi connectivity index (χ2v) is 4.47. The average Bonchev–Trinajstić information content (AvgIpc) is 2.79. The highest BCUT2D eigenvalue weighted by molar-refractivity contribution is 6.33. The van der Waals surface area contributed by atoms with Crippen LogP contribution in [-0.4, -0.2) is 24.2 Å². The van der Waals surface area contributed by atoms with Gasteiger partial charge in [0.05, 0.1) is 23.4 Å². The molecule has 0 amide bonds. The molecule has 0 radical (unpaired) electrons. The van der Waals surface area contributed by atoms with E-state index in [1.165, 1.54) is 25.7 Å². The van der Waals surface area contributed by atoms with E-state index in [1.807, 2.05) is 6.07 Å². The number of nitrogens with one attached hydrogen (secondary N) is 1. The fraction of sp³-hybridized carbons (Fsp3) is 0.583. The lowest BCUT2D eigenvalue weighted by Gasteiger charge is -2.12. The molecule has 0 unspecified atom stereocenters. The summed E-state index contributed by atoms with van der Waals surface area (Å²) in [7, 11) is 0. The molecule has 0 aromatic carbocycles. The molecule has 0 saturated heterocycles. The van der Waals surface area contributed by atoms with Crippen LogP contribution in [0.15, 0.2) is 18.5 Å².